The zero-order chi connectivity index (χ0) is 18.1. The van der Waals surface area contributed by atoms with Crippen LogP contribution in [-0.4, -0.2) is 47.8 Å². The molecular formula is C16H24F3IN4OS. The summed E-state index contributed by atoms with van der Waals surface area (Å²) in [6.07, 6.45) is -0.494. The van der Waals surface area contributed by atoms with Gasteiger partial charge in [-0.2, -0.15) is 24.9 Å². The molecule has 5 nitrogen and oxygen atoms in total. The second-order valence-electron chi connectivity index (χ2n) is 5.62. The van der Waals surface area contributed by atoms with Gasteiger partial charge in [-0.1, -0.05) is 0 Å². The average molecular weight is 504 g/mol. The zero-order valence-electron chi connectivity index (χ0n) is 14.5. The molecule has 26 heavy (non-hydrogen) atoms. The zero-order valence-corrected chi connectivity index (χ0v) is 17.7. The van der Waals surface area contributed by atoms with Crippen molar-refractivity contribution in [3.63, 3.8) is 0 Å². The predicted molar refractivity (Wildman–Crippen MR) is 110 cm³/mol. The lowest BCUT2D eigenvalue weighted by molar-refractivity contribution is -0.154. The first-order valence-corrected chi connectivity index (χ1v) is 9.29. The van der Waals surface area contributed by atoms with E-state index in [-0.39, 0.29) is 29.9 Å². The Balaban J connectivity index is 0.00000338. The summed E-state index contributed by atoms with van der Waals surface area (Å²) >= 11 is 1.96. The Morgan fingerprint density at radius 2 is 2.23 bits per heavy atom. The third kappa shape index (κ3) is 9.15. The van der Waals surface area contributed by atoms with E-state index in [1.165, 1.54) is 30.9 Å². The fourth-order valence-electron chi connectivity index (χ4n) is 2.31. The molecule has 1 unspecified atom stereocenters. The molecule has 0 aliphatic carbocycles. The summed E-state index contributed by atoms with van der Waals surface area (Å²) in [7, 11) is 0. The van der Waals surface area contributed by atoms with Crippen molar-refractivity contribution >= 4 is 41.7 Å². The number of hydrogen-bond acceptors (Lipinski definition) is 4. The molecule has 10 heteroatoms. The Hall–Kier alpha value is -0.910. The maximum Gasteiger partial charge on any atom is 0.422 e. The van der Waals surface area contributed by atoms with Crippen molar-refractivity contribution in [2.75, 3.05) is 25.4 Å². The highest BCUT2D eigenvalue weighted by molar-refractivity contribution is 14.0. The average Bonchev–Trinajstić information content (AvgIpc) is 3.09. The topological polar surface area (TPSA) is 58.5 Å². The van der Waals surface area contributed by atoms with E-state index < -0.39 is 12.8 Å². The number of aliphatic imine (C=N–C) groups is 1. The number of ether oxygens (including phenoxy) is 1. The van der Waals surface area contributed by atoms with Gasteiger partial charge in [-0.3, -0.25) is 0 Å². The lowest BCUT2D eigenvalue weighted by atomic mass is 10.2. The van der Waals surface area contributed by atoms with Gasteiger partial charge in [0.2, 0.25) is 5.88 Å². The third-order valence-electron chi connectivity index (χ3n) is 3.47. The molecule has 0 saturated carbocycles. The highest BCUT2D eigenvalue weighted by atomic mass is 127. The van der Waals surface area contributed by atoms with Crippen LogP contribution in [0.25, 0.3) is 0 Å². The number of alkyl halides is 3. The van der Waals surface area contributed by atoms with E-state index in [2.05, 4.69) is 25.3 Å². The Kier molecular flexibility index (Phi) is 10.4. The second kappa shape index (κ2) is 11.7. The highest BCUT2D eigenvalue weighted by Crippen LogP contribution is 2.25. The van der Waals surface area contributed by atoms with Crippen molar-refractivity contribution in [2.45, 2.75) is 37.7 Å². The van der Waals surface area contributed by atoms with Crippen LogP contribution < -0.4 is 15.4 Å². The van der Waals surface area contributed by atoms with E-state index in [9.17, 15) is 13.2 Å². The highest BCUT2D eigenvalue weighted by Gasteiger charge is 2.28. The lowest BCUT2D eigenvalue weighted by Crippen LogP contribution is -2.40. The van der Waals surface area contributed by atoms with Gasteiger partial charge >= 0.3 is 6.18 Å². The van der Waals surface area contributed by atoms with Gasteiger partial charge in [0.1, 0.15) is 0 Å². The van der Waals surface area contributed by atoms with Crippen molar-refractivity contribution in [3.8, 4) is 5.88 Å². The first-order valence-electron chi connectivity index (χ1n) is 8.24. The quantitative estimate of drug-likeness (QED) is 0.338. The number of guanidine groups is 1. The van der Waals surface area contributed by atoms with Gasteiger partial charge < -0.3 is 15.4 Å². The fourth-order valence-corrected chi connectivity index (χ4v) is 3.51. The molecule has 1 aliphatic heterocycles. The van der Waals surface area contributed by atoms with Crippen molar-refractivity contribution in [1.82, 2.24) is 15.6 Å². The van der Waals surface area contributed by atoms with Crippen molar-refractivity contribution in [3.05, 3.63) is 23.9 Å². The van der Waals surface area contributed by atoms with Crippen LogP contribution in [-0.2, 0) is 6.54 Å². The number of aromatic nitrogens is 1. The van der Waals surface area contributed by atoms with Crippen LogP contribution >= 0.6 is 35.7 Å². The van der Waals surface area contributed by atoms with Gasteiger partial charge in [0.05, 0.1) is 6.54 Å². The predicted octanol–water partition coefficient (Wildman–Crippen LogP) is 3.59. The Labute approximate surface area is 173 Å². The summed E-state index contributed by atoms with van der Waals surface area (Å²) in [4.78, 5) is 8.26. The standard InChI is InChI=1S/C16H23F3N4OS.HI/c1-2-20-15(23-10-13-4-3-7-25-13)22-9-12-5-6-21-14(8-12)24-11-16(17,18)19;/h5-6,8,13H,2-4,7,9-11H2,1H3,(H2,20,22,23);1H. The van der Waals surface area contributed by atoms with Crippen LogP contribution in [0, 0.1) is 0 Å². The van der Waals surface area contributed by atoms with Gasteiger partial charge in [0.25, 0.3) is 0 Å². The van der Waals surface area contributed by atoms with Gasteiger partial charge in [-0.15, -0.1) is 24.0 Å². The Morgan fingerprint density at radius 3 is 2.88 bits per heavy atom. The number of halogens is 4. The molecule has 1 fully saturated rings. The number of hydrogen-bond donors (Lipinski definition) is 2. The largest absolute Gasteiger partial charge is 0.468 e. The number of thioether (sulfide) groups is 1. The lowest BCUT2D eigenvalue weighted by Gasteiger charge is -2.14. The molecule has 0 amide bonds. The van der Waals surface area contributed by atoms with E-state index in [1.54, 1.807) is 6.07 Å². The van der Waals surface area contributed by atoms with Gasteiger partial charge in [0.15, 0.2) is 12.6 Å². The van der Waals surface area contributed by atoms with Gasteiger partial charge in [-0.05, 0) is 37.1 Å². The van der Waals surface area contributed by atoms with E-state index in [0.29, 0.717) is 17.8 Å². The number of rotatable bonds is 7. The molecule has 1 saturated heterocycles. The van der Waals surface area contributed by atoms with Crippen LogP contribution in [0.3, 0.4) is 0 Å². The molecule has 1 aromatic heterocycles. The smallest absolute Gasteiger partial charge is 0.422 e. The monoisotopic (exact) mass is 504 g/mol. The summed E-state index contributed by atoms with van der Waals surface area (Å²) in [5.41, 5.74) is 0.736. The molecule has 2 heterocycles. The van der Waals surface area contributed by atoms with Crippen molar-refractivity contribution < 1.29 is 17.9 Å². The molecule has 2 rings (SSSR count). The molecule has 2 N–H and O–H groups in total. The van der Waals surface area contributed by atoms with Crippen LogP contribution in [0.2, 0.25) is 0 Å². The van der Waals surface area contributed by atoms with Gasteiger partial charge in [-0.25, -0.2) is 9.98 Å². The van der Waals surface area contributed by atoms with Gasteiger partial charge in [0, 0.05) is 30.6 Å². The van der Waals surface area contributed by atoms with E-state index >= 15 is 0 Å². The third-order valence-corrected chi connectivity index (χ3v) is 4.87. The molecule has 1 atom stereocenters. The minimum atomic E-state index is -4.38. The summed E-state index contributed by atoms with van der Waals surface area (Å²) in [6.45, 7) is 2.55. The summed E-state index contributed by atoms with van der Waals surface area (Å²) in [6, 6.07) is 3.19. The summed E-state index contributed by atoms with van der Waals surface area (Å²) in [5.74, 6) is 1.85. The number of pyridine rings is 1. The molecule has 148 valence electrons. The second-order valence-corrected chi connectivity index (χ2v) is 7.03. The minimum Gasteiger partial charge on any atom is -0.468 e. The van der Waals surface area contributed by atoms with Crippen molar-refractivity contribution in [1.29, 1.82) is 0 Å². The minimum absolute atomic E-state index is 0. The fraction of sp³-hybridized carbons (Fsp3) is 0.625. The summed E-state index contributed by atoms with van der Waals surface area (Å²) < 4.78 is 41.3. The Morgan fingerprint density at radius 1 is 1.42 bits per heavy atom. The SMILES string of the molecule is CCNC(=NCc1ccnc(OCC(F)(F)F)c1)NCC1CCCS1.I. The van der Waals surface area contributed by atoms with Crippen LogP contribution in [0.4, 0.5) is 13.2 Å². The van der Waals surface area contributed by atoms with Crippen LogP contribution in [0.15, 0.2) is 23.3 Å². The summed E-state index contributed by atoms with van der Waals surface area (Å²) in [5, 5.41) is 7.09. The normalized spacial score (nSPS) is 17.5. The Bertz CT molecular complexity index is 569. The van der Waals surface area contributed by atoms with Crippen LogP contribution in [0.5, 0.6) is 5.88 Å². The maximum atomic E-state index is 12.2. The first kappa shape index (κ1) is 23.1. The number of nitrogens with zero attached hydrogens (tertiary/aromatic N) is 2. The molecule has 1 aliphatic rings. The molecule has 1 aromatic rings. The molecule has 0 radical (unpaired) electrons. The first-order chi connectivity index (χ1) is 12.0. The van der Waals surface area contributed by atoms with E-state index in [1.807, 2.05) is 18.7 Å². The molecule has 0 aromatic carbocycles. The van der Waals surface area contributed by atoms with E-state index in [0.717, 1.165) is 18.7 Å². The molecule has 0 bridgehead atoms. The van der Waals surface area contributed by atoms with E-state index in [4.69, 9.17) is 0 Å². The van der Waals surface area contributed by atoms with Crippen molar-refractivity contribution in [2.24, 2.45) is 4.99 Å². The maximum absolute atomic E-state index is 12.2. The molecular weight excluding hydrogens is 480 g/mol. The molecule has 0 spiro atoms. The number of nitrogens with one attached hydrogen (secondary N) is 2. The van der Waals surface area contributed by atoms with Crippen LogP contribution in [0.1, 0.15) is 25.3 Å².